The second-order valence-electron chi connectivity index (χ2n) is 6.32. The fourth-order valence-electron chi connectivity index (χ4n) is 2.77. The summed E-state index contributed by atoms with van der Waals surface area (Å²) in [6.45, 7) is 2.53. The molecular formula is C21H21ClN4O3S. The minimum absolute atomic E-state index is 0.0281. The number of thioether (sulfide) groups is 1. The Balaban J connectivity index is 1.62. The van der Waals surface area contributed by atoms with Crippen LogP contribution in [0.2, 0.25) is 5.02 Å². The lowest BCUT2D eigenvalue weighted by Crippen LogP contribution is -2.17. The van der Waals surface area contributed by atoms with Crippen molar-refractivity contribution >= 4 is 40.7 Å². The van der Waals surface area contributed by atoms with Gasteiger partial charge in [0.25, 0.3) is 0 Å². The molecule has 0 unspecified atom stereocenters. The molecule has 0 aliphatic heterocycles. The van der Waals surface area contributed by atoms with Crippen LogP contribution in [0.3, 0.4) is 0 Å². The average Bonchev–Trinajstić information content (AvgIpc) is 3.13. The molecule has 7 nitrogen and oxygen atoms in total. The number of anilines is 1. The SMILES string of the molecule is CCn1c(CC(=O)Nc2cccc(OC)c2)nnc1SCC(=O)c1ccc(Cl)cc1. The topological polar surface area (TPSA) is 86.1 Å². The molecule has 0 saturated carbocycles. The first kappa shape index (κ1) is 21.9. The van der Waals surface area contributed by atoms with Gasteiger partial charge >= 0.3 is 0 Å². The van der Waals surface area contributed by atoms with Gasteiger partial charge in [0.2, 0.25) is 5.91 Å². The van der Waals surface area contributed by atoms with E-state index in [1.807, 2.05) is 11.5 Å². The maximum absolute atomic E-state index is 12.4. The zero-order chi connectivity index (χ0) is 21.5. The van der Waals surface area contributed by atoms with Crippen LogP contribution >= 0.6 is 23.4 Å². The van der Waals surface area contributed by atoms with Crippen LogP contribution in [0.4, 0.5) is 5.69 Å². The Bertz CT molecular complexity index is 1040. The number of ketones is 1. The van der Waals surface area contributed by atoms with Gasteiger partial charge in [-0.05, 0) is 43.3 Å². The van der Waals surface area contributed by atoms with Gasteiger partial charge in [0, 0.05) is 28.9 Å². The first-order valence-electron chi connectivity index (χ1n) is 9.27. The number of carbonyl (C=O) groups is 2. The van der Waals surface area contributed by atoms with Crippen molar-refractivity contribution in [2.24, 2.45) is 0 Å². The smallest absolute Gasteiger partial charge is 0.232 e. The van der Waals surface area contributed by atoms with Gasteiger partial charge in [-0.1, -0.05) is 29.4 Å². The third-order valence-electron chi connectivity index (χ3n) is 4.28. The van der Waals surface area contributed by atoms with Crippen molar-refractivity contribution in [1.29, 1.82) is 0 Å². The molecule has 0 aliphatic carbocycles. The number of carbonyl (C=O) groups excluding carboxylic acids is 2. The second kappa shape index (κ2) is 10.3. The summed E-state index contributed by atoms with van der Waals surface area (Å²) in [6.07, 6.45) is 0.0732. The van der Waals surface area contributed by atoms with Crippen molar-refractivity contribution in [2.45, 2.75) is 25.0 Å². The molecule has 2 aromatic carbocycles. The van der Waals surface area contributed by atoms with Gasteiger partial charge < -0.3 is 14.6 Å². The van der Waals surface area contributed by atoms with Crippen molar-refractivity contribution in [3.63, 3.8) is 0 Å². The molecule has 30 heavy (non-hydrogen) atoms. The maximum atomic E-state index is 12.4. The van der Waals surface area contributed by atoms with Crippen LogP contribution < -0.4 is 10.1 Å². The van der Waals surface area contributed by atoms with E-state index in [0.29, 0.717) is 39.5 Å². The van der Waals surface area contributed by atoms with Crippen LogP contribution in [-0.4, -0.2) is 39.3 Å². The number of rotatable bonds is 9. The van der Waals surface area contributed by atoms with E-state index < -0.39 is 0 Å². The van der Waals surface area contributed by atoms with Crippen LogP contribution in [-0.2, 0) is 17.8 Å². The van der Waals surface area contributed by atoms with Crippen LogP contribution in [0, 0.1) is 0 Å². The molecule has 0 atom stereocenters. The molecule has 1 N–H and O–H groups in total. The van der Waals surface area contributed by atoms with E-state index in [4.69, 9.17) is 16.3 Å². The summed E-state index contributed by atoms with van der Waals surface area (Å²) in [4.78, 5) is 24.8. The molecule has 1 heterocycles. The van der Waals surface area contributed by atoms with E-state index in [1.54, 1.807) is 55.6 Å². The number of Topliss-reactive ketones (excluding diaryl/α,β-unsaturated/α-hetero) is 1. The molecular weight excluding hydrogens is 424 g/mol. The number of methoxy groups -OCH3 is 1. The average molecular weight is 445 g/mol. The number of hydrogen-bond donors (Lipinski definition) is 1. The highest BCUT2D eigenvalue weighted by atomic mass is 35.5. The molecule has 156 valence electrons. The van der Waals surface area contributed by atoms with E-state index in [1.165, 1.54) is 11.8 Å². The number of halogens is 1. The molecule has 0 bridgehead atoms. The molecule has 9 heteroatoms. The zero-order valence-electron chi connectivity index (χ0n) is 16.6. The summed E-state index contributed by atoms with van der Waals surface area (Å²) in [5, 5.41) is 12.3. The van der Waals surface area contributed by atoms with Crippen LogP contribution in [0.15, 0.2) is 53.7 Å². The minimum atomic E-state index is -0.209. The molecule has 3 aromatic rings. The lowest BCUT2D eigenvalue weighted by atomic mass is 10.1. The van der Waals surface area contributed by atoms with Crippen LogP contribution in [0.25, 0.3) is 0 Å². The highest BCUT2D eigenvalue weighted by molar-refractivity contribution is 7.99. The third kappa shape index (κ3) is 5.61. The highest BCUT2D eigenvalue weighted by Crippen LogP contribution is 2.21. The number of nitrogens with zero attached hydrogens (tertiary/aromatic N) is 3. The van der Waals surface area contributed by atoms with E-state index in [9.17, 15) is 9.59 Å². The predicted molar refractivity (Wildman–Crippen MR) is 118 cm³/mol. The van der Waals surface area contributed by atoms with Crippen LogP contribution in [0.1, 0.15) is 23.1 Å². The number of hydrogen-bond acceptors (Lipinski definition) is 6. The van der Waals surface area contributed by atoms with Gasteiger partial charge in [-0.3, -0.25) is 9.59 Å². The Labute approximate surface area is 183 Å². The Morgan fingerprint density at radius 1 is 1.17 bits per heavy atom. The largest absolute Gasteiger partial charge is 0.497 e. The number of ether oxygens (including phenoxy) is 1. The number of amides is 1. The summed E-state index contributed by atoms with van der Waals surface area (Å²) in [7, 11) is 1.57. The second-order valence-corrected chi connectivity index (χ2v) is 7.70. The fraction of sp³-hybridized carbons (Fsp3) is 0.238. The van der Waals surface area contributed by atoms with Crippen molar-refractivity contribution < 1.29 is 14.3 Å². The first-order valence-corrected chi connectivity index (χ1v) is 10.6. The molecule has 1 amide bonds. The standard InChI is InChI=1S/C21H21ClN4O3S/c1-3-26-19(12-20(28)23-16-5-4-6-17(11-16)29-2)24-25-21(26)30-13-18(27)14-7-9-15(22)10-8-14/h4-11H,3,12-13H2,1-2H3,(H,23,28). The monoisotopic (exact) mass is 444 g/mol. The number of nitrogens with one attached hydrogen (secondary N) is 1. The van der Waals surface area contributed by atoms with E-state index in [-0.39, 0.29) is 23.9 Å². The molecule has 0 aliphatic rings. The Morgan fingerprint density at radius 3 is 2.63 bits per heavy atom. The molecule has 1 aromatic heterocycles. The molecule has 3 rings (SSSR count). The summed E-state index contributed by atoms with van der Waals surface area (Å²) >= 11 is 7.16. The predicted octanol–water partition coefficient (Wildman–Crippen LogP) is 4.12. The lowest BCUT2D eigenvalue weighted by Gasteiger charge is -2.09. The van der Waals surface area contributed by atoms with Gasteiger partial charge in [-0.2, -0.15) is 0 Å². The Morgan fingerprint density at radius 2 is 1.93 bits per heavy atom. The molecule has 0 spiro atoms. The Hall–Kier alpha value is -2.84. The quantitative estimate of drug-likeness (QED) is 0.394. The molecule has 0 saturated heterocycles. The van der Waals surface area contributed by atoms with Crippen molar-refractivity contribution in [3.05, 3.63) is 64.9 Å². The van der Waals surface area contributed by atoms with Gasteiger partial charge in [-0.25, -0.2) is 0 Å². The van der Waals surface area contributed by atoms with Crippen molar-refractivity contribution in [1.82, 2.24) is 14.8 Å². The van der Waals surface area contributed by atoms with Gasteiger partial charge in [0.1, 0.15) is 11.6 Å². The number of benzene rings is 2. The van der Waals surface area contributed by atoms with E-state index in [0.717, 1.165) is 0 Å². The maximum Gasteiger partial charge on any atom is 0.232 e. The zero-order valence-corrected chi connectivity index (χ0v) is 18.2. The number of aromatic nitrogens is 3. The van der Waals surface area contributed by atoms with Crippen molar-refractivity contribution in [3.8, 4) is 5.75 Å². The molecule has 0 radical (unpaired) electrons. The fourth-order valence-corrected chi connectivity index (χ4v) is 3.81. The summed E-state index contributed by atoms with van der Waals surface area (Å²) in [5.41, 5.74) is 1.23. The Kier molecular flexibility index (Phi) is 7.48. The van der Waals surface area contributed by atoms with Gasteiger partial charge in [0.05, 0.1) is 19.3 Å². The van der Waals surface area contributed by atoms with Crippen LogP contribution in [0.5, 0.6) is 5.75 Å². The van der Waals surface area contributed by atoms with Crippen molar-refractivity contribution in [2.75, 3.05) is 18.2 Å². The summed E-state index contributed by atoms with van der Waals surface area (Å²) in [6, 6.07) is 13.9. The van der Waals surface area contributed by atoms with E-state index >= 15 is 0 Å². The minimum Gasteiger partial charge on any atom is -0.497 e. The van der Waals surface area contributed by atoms with Gasteiger partial charge in [-0.15, -0.1) is 10.2 Å². The lowest BCUT2D eigenvalue weighted by molar-refractivity contribution is -0.115. The normalized spacial score (nSPS) is 10.6. The van der Waals surface area contributed by atoms with E-state index in [2.05, 4.69) is 15.5 Å². The summed E-state index contributed by atoms with van der Waals surface area (Å²) in [5.74, 6) is 1.18. The molecule has 0 fully saturated rings. The highest BCUT2D eigenvalue weighted by Gasteiger charge is 2.16. The first-order chi connectivity index (χ1) is 14.5. The third-order valence-corrected chi connectivity index (χ3v) is 5.50. The summed E-state index contributed by atoms with van der Waals surface area (Å²) < 4.78 is 7.00. The van der Waals surface area contributed by atoms with Gasteiger partial charge in [0.15, 0.2) is 10.9 Å².